The van der Waals surface area contributed by atoms with Gasteiger partial charge in [0, 0.05) is 46.3 Å². The summed E-state index contributed by atoms with van der Waals surface area (Å²) in [4.78, 5) is 12.6. The summed E-state index contributed by atoms with van der Waals surface area (Å²) in [7, 11) is 1.67. The van der Waals surface area contributed by atoms with Gasteiger partial charge in [-0.05, 0) is 37.1 Å². The largest absolute Gasteiger partial charge is 0.496 e. The summed E-state index contributed by atoms with van der Waals surface area (Å²) in [5.41, 5.74) is 1.31. The van der Waals surface area contributed by atoms with E-state index in [0.717, 1.165) is 24.2 Å². The Hall–Kier alpha value is -1.75. The van der Waals surface area contributed by atoms with Crippen LogP contribution in [0.15, 0.2) is 42.5 Å². The second-order valence-corrected chi connectivity index (χ2v) is 7.31. The molecule has 1 N–H and O–H groups in total. The van der Waals surface area contributed by atoms with Gasteiger partial charge in [-0.15, -0.1) is 0 Å². The van der Waals surface area contributed by atoms with E-state index < -0.39 is 0 Å². The molecule has 0 aliphatic carbocycles. The zero-order chi connectivity index (χ0) is 18.6. The van der Waals surface area contributed by atoms with Gasteiger partial charge < -0.3 is 14.8 Å². The summed E-state index contributed by atoms with van der Waals surface area (Å²) in [6, 6.07) is 12.8. The summed E-state index contributed by atoms with van der Waals surface area (Å²) < 4.78 is 11.1. The highest BCUT2D eigenvalue weighted by atomic mass is 35.5. The number of halogens is 2. The highest BCUT2D eigenvalue weighted by Gasteiger charge is 2.37. The average Bonchev–Trinajstić information content (AvgIpc) is 2.66. The molecule has 138 valence electrons. The Morgan fingerprint density at radius 1 is 1.15 bits per heavy atom. The van der Waals surface area contributed by atoms with Crippen molar-refractivity contribution in [3.63, 3.8) is 0 Å². The zero-order valence-corrected chi connectivity index (χ0v) is 16.1. The number of benzene rings is 2. The Kier molecular flexibility index (Phi) is 6.07. The third kappa shape index (κ3) is 4.14. The van der Waals surface area contributed by atoms with Gasteiger partial charge in [-0.1, -0.05) is 41.4 Å². The molecular formula is C20H21Cl2NO3. The fourth-order valence-corrected chi connectivity index (χ4v) is 3.95. The normalized spacial score (nSPS) is 16.1. The molecule has 0 spiro atoms. The molecule has 0 bridgehead atoms. The molecule has 6 heteroatoms. The quantitative estimate of drug-likeness (QED) is 0.814. The number of hydrogen-bond acceptors (Lipinski definition) is 3. The maximum atomic E-state index is 12.6. The molecule has 2 aromatic rings. The number of methoxy groups -OCH3 is 1. The fraction of sp³-hybridized carbons (Fsp3) is 0.350. The summed E-state index contributed by atoms with van der Waals surface area (Å²) >= 11 is 12.0. The first kappa shape index (κ1) is 19.0. The molecule has 1 aliphatic rings. The van der Waals surface area contributed by atoms with Crippen molar-refractivity contribution >= 4 is 29.1 Å². The number of rotatable bonds is 5. The standard InChI is InChI=1S/C20H21Cl2NO3/c1-25-18-5-3-2-4-17(18)20(6-8-26-9-7-20)13-23-19(24)14-10-15(21)12-16(22)11-14/h2-5,10-12H,6-9,13H2,1H3,(H,23,24). The van der Waals surface area contributed by atoms with E-state index in [1.165, 1.54) is 0 Å². The highest BCUT2D eigenvalue weighted by Crippen LogP contribution is 2.39. The molecule has 0 saturated carbocycles. The number of ether oxygens (including phenoxy) is 2. The van der Waals surface area contributed by atoms with Crippen molar-refractivity contribution in [3.05, 3.63) is 63.6 Å². The van der Waals surface area contributed by atoms with Gasteiger partial charge in [-0.2, -0.15) is 0 Å². The number of amides is 1. The van der Waals surface area contributed by atoms with Gasteiger partial charge in [0.15, 0.2) is 0 Å². The van der Waals surface area contributed by atoms with Gasteiger partial charge in [0.2, 0.25) is 0 Å². The van der Waals surface area contributed by atoms with Crippen LogP contribution in [0.4, 0.5) is 0 Å². The molecule has 0 radical (unpaired) electrons. The molecule has 26 heavy (non-hydrogen) atoms. The van der Waals surface area contributed by atoms with Crippen LogP contribution in [-0.4, -0.2) is 32.8 Å². The molecule has 0 unspecified atom stereocenters. The van der Waals surface area contributed by atoms with Crippen LogP contribution in [-0.2, 0) is 10.2 Å². The van der Waals surface area contributed by atoms with Crippen molar-refractivity contribution in [2.45, 2.75) is 18.3 Å². The van der Waals surface area contributed by atoms with E-state index >= 15 is 0 Å². The SMILES string of the molecule is COc1ccccc1C1(CNC(=O)c2cc(Cl)cc(Cl)c2)CCOCC1. The molecule has 0 atom stereocenters. The van der Waals surface area contributed by atoms with E-state index in [4.69, 9.17) is 32.7 Å². The lowest BCUT2D eigenvalue weighted by atomic mass is 9.73. The fourth-order valence-electron chi connectivity index (χ4n) is 3.42. The molecule has 1 amide bonds. The lowest BCUT2D eigenvalue weighted by Crippen LogP contribution is -2.44. The van der Waals surface area contributed by atoms with E-state index in [1.54, 1.807) is 25.3 Å². The zero-order valence-electron chi connectivity index (χ0n) is 14.6. The number of para-hydroxylation sites is 1. The van der Waals surface area contributed by atoms with Gasteiger partial charge in [-0.25, -0.2) is 0 Å². The molecule has 3 rings (SSSR count). The third-order valence-electron chi connectivity index (χ3n) is 4.84. The number of carbonyl (C=O) groups excluding carboxylic acids is 1. The molecule has 1 heterocycles. The maximum Gasteiger partial charge on any atom is 0.251 e. The first-order valence-electron chi connectivity index (χ1n) is 8.50. The van der Waals surface area contributed by atoms with Gasteiger partial charge in [-0.3, -0.25) is 4.79 Å². The second-order valence-electron chi connectivity index (χ2n) is 6.43. The molecule has 2 aromatic carbocycles. The van der Waals surface area contributed by atoms with Crippen molar-refractivity contribution in [1.82, 2.24) is 5.32 Å². The van der Waals surface area contributed by atoms with Crippen molar-refractivity contribution in [1.29, 1.82) is 0 Å². The van der Waals surface area contributed by atoms with Crippen LogP contribution in [0.25, 0.3) is 0 Å². The monoisotopic (exact) mass is 393 g/mol. The minimum absolute atomic E-state index is 0.199. The Morgan fingerprint density at radius 3 is 2.46 bits per heavy atom. The minimum Gasteiger partial charge on any atom is -0.496 e. The van der Waals surface area contributed by atoms with Crippen LogP contribution in [0.2, 0.25) is 10.0 Å². The van der Waals surface area contributed by atoms with Crippen LogP contribution in [0, 0.1) is 0 Å². The first-order valence-corrected chi connectivity index (χ1v) is 9.25. The van der Waals surface area contributed by atoms with Gasteiger partial charge >= 0.3 is 0 Å². The van der Waals surface area contributed by atoms with E-state index in [1.807, 2.05) is 18.2 Å². The maximum absolute atomic E-state index is 12.6. The van der Waals surface area contributed by atoms with E-state index in [-0.39, 0.29) is 11.3 Å². The number of hydrogen-bond donors (Lipinski definition) is 1. The van der Waals surface area contributed by atoms with Crippen LogP contribution in [0.1, 0.15) is 28.8 Å². The topological polar surface area (TPSA) is 47.6 Å². The van der Waals surface area contributed by atoms with Gasteiger partial charge in [0.25, 0.3) is 5.91 Å². The Labute approximate surface area is 163 Å². The number of carbonyl (C=O) groups is 1. The van der Waals surface area contributed by atoms with Crippen molar-refractivity contribution in [2.24, 2.45) is 0 Å². The van der Waals surface area contributed by atoms with Crippen LogP contribution in [0.3, 0.4) is 0 Å². The summed E-state index contributed by atoms with van der Waals surface area (Å²) in [5, 5.41) is 3.92. The minimum atomic E-state index is -0.233. The Bertz CT molecular complexity index is 768. The number of nitrogens with one attached hydrogen (secondary N) is 1. The lowest BCUT2D eigenvalue weighted by molar-refractivity contribution is 0.0479. The van der Waals surface area contributed by atoms with Crippen LogP contribution >= 0.6 is 23.2 Å². The van der Waals surface area contributed by atoms with Gasteiger partial charge in [0.1, 0.15) is 5.75 Å². The molecule has 1 aliphatic heterocycles. The Morgan fingerprint density at radius 2 is 1.81 bits per heavy atom. The van der Waals surface area contributed by atoms with Crippen molar-refractivity contribution < 1.29 is 14.3 Å². The van der Waals surface area contributed by atoms with Crippen LogP contribution < -0.4 is 10.1 Å². The average molecular weight is 394 g/mol. The van der Waals surface area contributed by atoms with Crippen molar-refractivity contribution in [3.8, 4) is 5.75 Å². The molecule has 1 saturated heterocycles. The first-order chi connectivity index (χ1) is 12.5. The molecule has 0 aromatic heterocycles. The van der Waals surface area contributed by atoms with E-state index in [9.17, 15) is 4.79 Å². The van der Waals surface area contributed by atoms with E-state index in [0.29, 0.717) is 35.4 Å². The summed E-state index contributed by atoms with van der Waals surface area (Å²) in [6.45, 7) is 1.79. The smallest absolute Gasteiger partial charge is 0.251 e. The highest BCUT2D eigenvalue weighted by molar-refractivity contribution is 6.35. The summed E-state index contributed by atoms with van der Waals surface area (Å²) in [5.74, 6) is 0.629. The third-order valence-corrected chi connectivity index (χ3v) is 5.28. The predicted molar refractivity (Wildman–Crippen MR) is 104 cm³/mol. The van der Waals surface area contributed by atoms with Crippen molar-refractivity contribution in [2.75, 3.05) is 26.9 Å². The van der Waals surface area contributed by atoms with Gasteiger partial charge in [0.05, 0.1) is 7.11 Å². The Balaban J connectivity index is 1.84. The lowest BCUT2D eigenvalue weighted by Gasteiger charge is -2.38. The van der Waals surface area contributed by atoms with E-state index in [2.05, 4.69) is 11.4 Å². The molecular weight excluding hydrogens is 373 g/mol. The predicted octanol–water partition coefficient (Wildman–Crippen LogP) is 4.48. The summed E-state index contributed by atoms with van der Waals surface area (Å²) in [6.07, 6.45) is 1.62. The molecule has 4 nitrogen and oxygen atoms in total. The second kappa shape index (κ2) is 8.30. The molecule has 1 fully saturated rings. The van der Waals surface area contributed by atoms with Crippen LogP contribution in [0.5, 0.6) is 5.75 Å².